The first-order chi connectivity index (χ1) is 6.84. The highest BCUT2D eigenvalue weighted by Gasteiger charge is 1.95. The quantitative estimate of drug-likeness (QED) is 0.740. The smallest absolute Gasteiger partial charge is 0.0123 e. The van der Waals surface area contributed by atoms with Crippen molar-refractivity contribution in [3.63, 3.8) is 0 Å². The zero-order valence-corrected chi connectivity index (χ0v) is 9.26. The summed E-state index contributed by atoms with van der Waals surface area (Å²) in [7, 11) is 0. The molecule has 0 nitrogen and oxygen atoms in total. The van der Waals surface area contributed by atoms with Crippen LogP contribution in [0.1, 0.15) is 0 Å². The van der Waals surface area contributed by atoms with Gasteiger partial charge in [-0.05, 0) is 36.4 Å². The first kappa shape index (κ1) is 9.69. The standard InChI is InChI=1S/C12H10S2/c13-10-6-8-12(9-7-10)14-11-4-2-1-3-5-11/h1-9,13H. The van der Waals surface area contributed by atoms with E-state index >= 15 is 0 Å². The van der Waals surface area contributed by atoms with Crippen molar-refractivity contribution in [1.82, 2.24) is 0 Å². The Morgan fingerprint density at radius 2 is 1.29 bits per heavy atom. The molecule has 0 unspecified atom stereocenters. The molecule has 2 rings (SSSR count). The molecular formula is C12H10S2. The summed E-state index contributed by atoms with van der Waals surface area (Å²) >= 11 is 6.01. The lowest BCUT2D eigenvalue weighted by molar-refractivity contribution is 1.35. The van der Waals surface area contributed by atoms with Gasteiger partial charge in [-0.25, -0.2) is 0 Å². The van der Waals surface area contributed by atoms with Crippen molar-refractivity contribution in [2.75, 3.05) is 0 Å². The summed E-state index contributed by atoms with van der Waals surface area (Å²) in [6, 6.07) is 18.5. The summed E-state index contributed by atoms with van der Waals surface area (Å²) < 4.78 is 0. The van der Waals surface area contributed by atoms with E-state index in [9.17, 15) is 0 Å². The zero-order valence-electron chi connectivity index (χ0n) is 7.55. The average molecular weight is 218 g/mol. The fourth-order valence-corrected chi connectivity index (χ4v) is 2.13. The predicted octanol–water partition coefficient (Wildman–Crippen LogP) is 4.13. The van der Waals surface area contributed by atoms with Gasteiger partial charge in [0.25, 0.3) is 0 Å². The van der Waals surface area contributed by atoms with Crippen LogP contribution in [0.25, 0.3) is 0 Å². The van der Waals surface area contributed by atoms with Crippen LogP contribution < -0.4 is 0 Å². The summed E-state index contributed by atoms with van der Waals surface area (Å²) in [5.74, 6) is 0. The Bertz CT molecular complexity index is 392. The van der Waals surface area contributed by atoms with Crippen molar-refractivity contribution in [3.8, 4) is 0 Å². The second-order valence-electron chi connectivity index (χ2n) is 2.91. The number of hydrogen-bond acceptors (Lipinski definition) is 2. The molecule has 0 radical (unpaired) electrons. The Balaban J connectivity index is 2.16. The van der Waals surface area contributed by atoms with E-state index in [2.05, 4.69) is 49.0 Å². The van der Waals surface area contributed by atoms with Crippen LogP contribution in [0.2, 0.25) is 0 Å². The Kier molecular flexibility index (Phi) is 3.17. The van der Waals surface area contributed by atoms with E-state index in [1.807, 2.05) is 18.2 Å². The molecule has 0 aliphatic carbocycles. The zero-order chi connectivity index (χ0) is 9.80. The largest absolute Gasteiger partial charge is 0.143 e. The fourth-order valence-electron chi connectivity index (χ4n) is 1.14. The van der Waals surface area contributed by atoms with E-state index in [4.69, 9.17) is 0 Å². The van der Waals surface area contributed by atoms with Gasteiger partial charge in [0.1, 0.15) is 0 Å². The predicted molar refractivity (Wildman–Crippen MR) is 64.3 cm³/mol. The minimum atomic E-state index is 1.00. The van der Waals surface area contributed by atoms with E-state index < -0.39 is 0 Å². The van der Waals surface area contributed by atoms with Gasteiger partial charge in [0.05, 0.1) is 0 Å². The van der Waals surface area contributed by atoms with Crippen molar-refractivity contribution in [1.29, 1.82) is 0 Å². The third-order valence-corrected chi connectivity index (χ3v) is 3.13. The van der Waals surface area contributed by atoms with Crippen molar-refractivity contribution in [2.24, 2.45) is 0 Å². The minimum absolute atomic E-state index is 1.00. The molecule has 0 aliphatic heterocycles. The molecule has 0 aromatic heterocycles. The highest BCUT2D eigenvalue weighted by molar-refractivity contribution is 7.99. The molecule has 0 spiro atoms. The van der Waals surface area contributed by atoms with E-state index in [-0.39, 0.29) is 0 Å². The molecule has 0 saturated heterocycles. The number of thiol groups is 1. The first-order valence-electron chi connectivity index (χ1n) is 4.36. The van der Waals surface area contributed by atoms with Gasteiger partial charge in [0, 0.05) is 14.7 Å². The van der Waals surface area contributed by atoms with Gasteiger partial charge in [0.2, 0.25) is 0 Å². The van der Waals surface area contributed by atoms with Gasteiger partial charge in [-0.2, -0.15) is 0 Å². The molecule has 0 fully saturated rings. The molecule has 0 saturated carbocycles. The van der Waals surface area contributed by atoms with Crippen LogP contribution in [0.5, 0.6) is 0 Å². The lowest BCUT2D eigenvalue weighted by Gasteiger charge is -2.00. The lowest BCUT2D eigenvalue weighted by atomic mass is 10.4. The van der Waals surface area contributed by atoms with E-state index in [1.54, 1.807) is 11.8 Å². The molecule has 2 aromatic rings. The summed E-state index contributed by atoms with van der Waals surface area (Å²) in [6.45, 7) is 0. The van der Waals surface area contributed by atoms with Crippen LogP contribution in [0, 0.1) is 0 Å². The van der Waals surface area contributed by atoms with Crippen LogP contribution in [-0.2, 0) is 0 Å². The fraction of sp³-hybridized carbons (Fsp3) is 0. The topological polar surface area (TPSA) is 0 Å². The van der Waals surface area contributed by atoms with Crippen LogP contribution in [-0.4, -0.2) is 0 Å². The van der Waals surface area contributed by atoms with Crippen molar-refractivity contribution in [3.05, 3.63) is 54.6 Å². The Morgan fingerprint density at radius 1 is 0.714 bits per heavy atom. The molecule has 0 N–H and O–H groups in total. The Labute approximate surface area is 93.8 Å². The van der Waals surface area contributed by atoms with Crippen molar-refractivity contribution < 1.29 is 0 Å². The summed E-state index contributed by atoms with van der Waals surface area (Å²) in [4.78, 5) is 3.51. The van der Waals surface area contributed by atoms with Crippen LogP contribution in [0.3, 0.4) is 0 Å². The molecule has 0 aliphatic rings. The molecule has 70 valence electrons. The third-order valence-electron chi connectivity index (χ3n) is 1.82. The Hall–Kier alpha value is -0.860. The number of benzene rings is 2. The minimum Gasteiger partial charge on any atom is -0.143 e. The summed E-state index contributed by atoms with van der Waals surface area (Å²) in [5, 5.41) is 0. The van der Waals surface area contributed by atoms with E-state index in [1.165, 1.54) is 9.79 Å². The molecule has 0 amide bonds. The molecule has 0 bridgehead atoms. The van der Waals surface area contributed by atoms with Crippen LogP contribution in [0.15, 0.2) is 69.3 Å². The second-order valence-corrected chi connectivity index (χ2v) is 4.57. The molecule has 2 heteroatoms. The average Bonchev–Trinajstić information content (AvgIpc) is 2.23. The van der Waals surface area contributed by atoms with Crippen molar-refractivity contribution in [2.45, 2.75) is 14.7 Å². The Morgan fingerprint density at radius 3 is 1.93 bits per heavy atom. The van der Waals surface area contributed by atoms with Gasteiger partial charge >= 0.3 is 0 Å². The maximum absolute atomic E-state index is 4.25. The second kappa shape index (κ2) is 4.58. The maximum atomic E-state index is 4.25. The van der Waals surface area contributed by atoms with E-state index in [0.29, 0.717) is 0 Å². The number of hydrogen-bond donors (Lipinski definition) is 1. The lowest BCUT2D eigenvalue weighted by Crippen LogP contribution is -1.72. The molecule has 0 heterocycles. The van der Waals surface area contributed by atoms with Gasteiger partial charge in [-0.1, -0.05) is 30.0 Å². The van der Waals surface area contributed by atoms with Crippen LogP contribution in [0.4, 0.5) is 0 Å². The molecule has 0 atom stereocenters. The van der Waals surface area contributed by atoms with E-state index in [0.717, 1.165) is 4.90 Å². The number of rotatable bonds is 2. The maximum Gasteiger partial charge on any atom is 0.0123 e. The van der Waals surface area contributed by atoms with Gasteiger partial charge < -0.3 is 0 Å². The monoisotopic (exact) mass is 218 g/mol. The normalized spacial score (nSPS) is 10.1. The van der Waals surface area contributed by atoms with Gasteiger partial charge in [0.15, 0.2) is 0 Å². The molecule has 2 aromatic carbocycles. The van der Waals surface area contributed by atoms with Gasteiger partial charge in [-0.15, -0.1) is 12.6 Å². The highest BCUT2D eigenvalue weighted by Crippen LogP contribution is 2.27. The van der Waals surface area contributed by atoms with Crippen molar-refractivity contribution >= 4 is 24.4 Å². The van der Waals surface area contributed by atoms with Crippen LogP contribution >= 0.6 is 24.4 Å². The summed E-state index contributed by atoms with van der Waals surface area (Å²) in [6.07, 6.45) is 0. The first-order valence-corrected chi connectivity index (χ1v) is 5.63. The summed E-state index contributed by atoms with van der Waals surface area (Å²) in [5.41, 5.74) is 0. The highest BCUT2D eigenvalue weighted by atomic mass is 32.2. The van der Waals surface area contributed by atoms with Gasteiger partial charge in [-0.3, -0.25) is 0 Å². The third kappa shape index (κ3) is 2.56. The molecule has 14 heavy (non-hydrogen) atoms. The molecular weight excluding hydrogens is 208 g/mol. The SMILES string of the molecule is Sc1ccc(Sc2ccccc2)cc1.